The summed E-state index contributed by atoms with van der Waals surface area (Å²) in [6.45, 7) is 8.38. The molecule has 2 aliphatic heterocycles. The molecule has 0 bridgehead atoms. The number of alkyl halides is 3. The molecule has 2 aliphatic rings. The normalized spacial score (nSPS) is 14.2. The average Bonchev–Trinajstić information content (AvgIpc) is 3.19. The Morgan fingerprint density at radius 3 is 1.32 bits per heavy atom. The van der Waals surface area contributed by atoms with Crippen LogP contribution in [0.5, 0.6) is 0 Å². The van der Waals surface area contributed by atoms with Gasteiger partial charge in [-0.05, 0) is 101 Å². The highest BCUT2D eigenvalue weighted by molar-refractivity contribution is 6.63. The number of hydrogen-bond acceptors (Lipinski definition) is 4. The first-order valence-corrected chi connectivity index (χ1v) is 20.1. The molecule has 0 atom stereocenters. The first-order valence-electron chi connectivity index (χ1n) is 18.8. The smallest absolute Gasteiger partial charge is 0.266 e. The maximum atomic E-state index is 14.6. The van der Waals surface area contributed by atoms with Crippen LogP contribution in [0.2, 0.25) is 0 Å². The molecule has 0 saturated heterocycles. The summed E-state index contributed by atoms with van der Waals surface area (Å²) >= 11 is 14.4. The van der Waals surface area contributed by atoms with Crippen LogP contribution in [-0.4, -0.2) is 39.9 Å². The Morgan fingerprint density at radius 1 is 0.404 bits per heavy atom. The molecule has 9 heteroatoms. The third-order valence-electron chi connectivity index (χ3n) is 11.6. The molecular formula is C48H35Cl3N2O4. The summed E-state index contributed by atoms with van der Waals surface area (Å²) in [5.41, 5.74) is 6.69. The second-order valence-electron chi connectivity index (χ2n) is 15.3. The van der Waals surface area contributed by atoms with Crippen molar-refractivity contribution in [3.8, 4) is 11.1 Å². The number of rotatable bonds is 4. The van der Waals surface area contributed by atoms with Crippen molar-refractivity contribution in [2.45, 2.75) is 43.8 Å². The number of carbonyl (C=O) groups is 4. The van der Waals surface area contributed by atoms with Gasteiger partial charge in [0.25, 0.3) is 23.6 Å². The van der Waals surface area contributed by atoms with Crippen LogP contribution in [0.15, 0.2) is 103 Å². The van der Waals surface area contributed by atoms with Gasteiger partial charge in [0.15, 0.2) is 4.30 Å². The molecule has 0 spiro atoms. The van der Waals surface area contributed by atoms with Crippen LogP contribution >= 0.6 is 34.8 Å². The molecule has 0 aliphatic carbocycles. The molecule has 8 aromatic carbocycles. The van der Waals surface area contributed by atoms with Crippen molar-refractivity contribution >= 4 is 118 Å². The van der Waals surface area contributed by atoms with Crippen LogP contribution in [0.25, 0.3) is 65.0 Å². The number of anilines is 1. The fourth-order valence-corrected chi connectivity index (χ4v) is 9.15. The zero-order valence-electron chi connectivity index (χ0n) is 31.7. The minimum atomic E-state index is -0.750. The second-order valence-corrected chi connectivity index (χ2v) is 17.3. The average molecular weight is 810 g/mol. The van der Waals surface area contributed by atoms with Gasteiger partial charge in [0.1, 0.15) is 0 Å². The Hall–Kier alpha value is -5.53. The topological polar surface area (TPSA) is 74.8 Å². The number of fused-ring (bicyclic) bond motifs is 2. The lowest BCUT2D eigenvalue weighted by Crippen LogP contribution is -2.41. The van der Waals surface area contributed by atoms with E-state index in [1.54, 1.807) is 6.07 Å². The number of amides is 4. The highest BCUT2D eigenvalue weighted by Gasteiger charge is 2.38. The van der Waals surface area contributed by atoms with E-state index in [0.717, 1.165) is 65.3 Å². The first kappa shape index (κ1) is 37.1. The van der Waals surface area contributed by atoms with Crippen molar-refractivity contribution in [1.29, 1.82) is 0 Å². The number of halogens is 3. The van der Waals surface area contributed by atoms with Crippen LogP contribution in [0.1, 0.15) is 92.1 Å². The standard InChI is InChI=1S/C47H34N2O4.CHCl3/c1-23(2)25-9-6-10-26(24(3)4)43(25)49-46(52)37-21-18-33-31-13-7-11-29-27(15-17-32(39(29)31)34-19-22-38(47(49)53)42(37)41(33)34)28-16-20-36-40-30(28)12-8-14-35(40)44(50)48(5)45(36)51;2-1(3)4/h6-24H,1-5H3;1H. The van der Waals surface area contributed by atoms with Gasteiger partial charge in [-0.15, -0.1) is 0 Å². The van der Waals surface area contributed by atoms with E-state index in [9.17, 15) is 19.2 Å². The van der Waals surface area contributed by atoms with Gasteiger partial charge in [0, 0.05) is 40.1 Å². The van der Waals surface area contributed by atoms with Crippen LogP contribution < -0.4 is 4.90 Å². The molecule has 2 heterocycles. The van der Waals surface area contributed by atoms with E-state index < -0.39 is 4.30 Å². The number of benzene rings is 8. The molecule has 6 nitrogen and oxygen atoms in total. The van der Waals surface area contributed by atoms with Gasteiger partial charge in [0.05, 0.1) is 5.69 Å². The van der Waals surface area contributed by atoms with E-state index >= 15 is 0 Å². The van der Waals surface area contributed by atoms with Gasteiger partial charge >= 0.3 is 0 Å². The summed E-state index contributed by atoms with van der Waals surface area (Å²) in [4.78, 5) is 58.2. The predicted molar refractivity (Wildman–Crippen MR) is 234 cm³/mol. The Morgan fingerprint density at radius 2 is 0.772 bits per heavy atom. The summed E-state index contributed by atoms with van der Waals surface area (Å²) < 4.78 is -0.750. The van der Waals surface area contributed by atoms with E-state index in [4.69, 9.17) is 34.8 Å². The van der Waals surface area contributed by atoms with Crippen molar-refractivity contribution < 1.29 is 19.2 Å². The third kappa shape index (κ3) is 5.38. The predicted octanol–water partition coefficient (Wildman–Crippen LogP) is 12.8. The number of para-hydroxylation sites is 1. The monoisotopic (exact) mass is 808 g/mol. The van der Waals surface area contributed by atoms with Gasteiger partial charge in [-0.2, -0.15) is 0 Å². The van der Waals surface area contributed by atoms with E-state index in [1.807, 2.05) is 72.8 Å². The van der Waals surface area contributed by atoms with Crippen molar-refractivity contribution in [3.63, 3.8) is 0 Å². The Kier molecular flexibility index (Phi) is 8.81. The van der Waals surface area contributed by atoms with Crippen LogP contribution in [0.4, 0.5) is 5.69 Å². The Bertz CT molecular complexity index is 2960. The molecule has 282 valence electrons. The van der Waals surface area contributed by atoms with E-state index in [1.165, 1.54) is 16.8 Å². The maximum absolute atomic E-state index is 14.6. The molecule has 0 radical (unpaired) electrons. The number of nitrogens with zero attached hydrogens (tertiary/aromatic N) is 2. The number of carbonyl (C=O) groups excluding carboxylic acids is 4. The van der Waals surface area contributed by atoms with Crippen LogP contribution in [0, 0.1) is 0 Å². The lowest BCUT2D eigenvalue weighted by Gasteiger charge is -2.32. The SMILES string of the molecule is CC(C)c1cccc(C(C)C)c1N1C(=O)c2ccc3c4cccc5c(-c6ccc7c8c(cccc68)C(=O)N(C)C7=O)ccc(c6ccc(c2c36)C1=O)c54.ClC(Cl)Cl. The minimum Gasteiger partial charge on any atom is -0.277 e. The molecule has 8 aromatic rings. The van der Waals surface area contributed by atoms with Crippen molar-refractivity contribution in [2.24, 2.45) is 0 Å². The molecule has 0 unspecified atom stereocenters. The molecule has 4 amide bonds. The van der Waals surface area contributed by atoms with Gasteiger partial charge in [-0.3, -0.25) is 24.1 Å². The quantitative estimate of drug-likeness (QED) is 0.0768. The summed E-state index contributed by atoms with van der Waals surface area (Å²) in [5.74, 6) is -0.974. The zero-order valence-corrected chi connectivity index (χ0v) is 34.0. The fraction of sp³-hybridized carbons (Fsp3) is 0.167. The zero-order chi connectivity index (χ0) is 40.2. The van der Waals surface area contributed by atoms with Gasteiger partial charge in [-0.1, -0.05) is 141 Å². The summed E-state index contributed by atoms with van der Waals surface area (Å²) in [6.07, 6.45) is 0. The molecule has 57 heavy (non-hydrogen) atoms. The lowest BCUT2D eigenvalue weighted by molar-refractivity contribution is 0.0649. The molecule has 10 rings (SSSR count). The maximum Gasteiger partial charge on any atom is 0.266 e. The number of hydrogen-bond donors (Lipinski definition) is 0. The molecule has 0 fully saturated rings. The van der Waals surface area contributed by atoms with Crippen LogP contribution in [-0.2, 0) is 0 Å². The fourth-order valence-electron chi connectivity index (χ4n) is 9.15. The van der Waals surface area contributed by atoms with E-state index in [-0.39, 0.29) is 35.5 Å². The van der Waals surface area contributed by atoms with E-state index in [2.05, 4.69) is 52.0 Å². The van der Waals surface area contributed by atoms with Gasteiger partial charge < -0.3 is 0 Å². The summed E-state index contributed by atoms with van der Waals surface area (Å²) in [7, 11) is 1.52. The molecular weight excluding hydrogens is 775 g/mol. The van der Waals surface area contributed by atoms with Gasteiger partial charge in [0.2, 0.25) is 0 Å². The highest BCUT2D eigenvalue weighted by atomic mass is 35.6. The molecule has 0 N–H and O–H groups in total. The number of imide groups is 2. The van der Waals surface area contributed by atoms with E-state index in [0.29, 0.717) is 38.7 Å². The second kappa shape index (κ2) is 13.6. The van der Waals surface area contributed by atoms with Crippen molar-refractivity contribution in [2.75, 3.05) is 11.9 Å². The largest absolute Gasteiger partial charge is 0.277 e. The Balaban J connectivity index is 0.00000101. The molecule has 0 aromatic heterocycles. The minimum absolute atomic E-state index is 0.115. The van der Waals surface area contributed by atoms with Crippen LogP contribution in [0.3, 0.4) is 0 Å². The Labute approximate surface area is 343 Å². The van der Waals surface area contributed by atoms with Crippen molar-refractivity contribution in [1.82, 2.24) is 4.90 Å². The third-order valence-corrected chi connectivity index (χ3v) is 11.6. The van der Waals surface area contributed by atoms with Crippen molar-refractivity contribution in [3.05, 3.63) is 137 Å². The first-order chi connectivity index (χ1) is 27.3. The lowest BCUT2D eigenvalue weighted by atomic mass is 9.82. The summed E-state index contributed by atoms with van der Waals surface area (Å²) in [5, 5.41) is 9.28. The highest BCUT2D eigenvalue weighted by Crippen LogP contribution is 2.48. The van der Waals surface area contributed by atoms with Gasteiger partial charge in [-0.25, -0.2) is 4.90 Å². The molecule has 0 saturated carbocycles. The summed E-state index contributed by atoms with van der Waals surface area (Å²) in [6, 6.07) is 33.9.